The Morgan fingerprint density at radius 3 is 2.28 bits per heavy atom. The van der Waals surface area contributed by atoms with Gasteiger partial charge in [0, 0.05) is 12.0 Å². The minimum atomic E-state index is -2.86. The molecule has 0 aromatic carbocycles. The summed E-state index contributed by atoms with van der Waals surface area (Å²) in [4.78, 5) is 0. The Hall–Kier alpha value is -0.130. The van der Waals surface area contributed by atoms with Gasteiger partial charge in [-0.15, -0.1) is 0 Å². The second kappa shape index (κ2) is 4.18. The molecule has 2 rings (SSSR count). The van der Waals surface area contributed by atoms with Gasteiger partial charge in [-0.05, 0) is 46.5 Å². The van der Waals surface area contributed by atoms with Gasteiger partial charge in [0.25, 0.3) is 0 Å². The molecule has 0 saturated carbocycles. The van der Waals surface area contributed by atoms with Crippen LogP contribution in [0.2, 0.25) is 0 Å². The maximum atomic E-state index is 11.6. The molecule has 18 heavy (non-hydrogen) atoms. The molecule has 2 saturated heterocycles. The third-order valence-electron chi connectivity index (χ3n) is 4.42. The number of ether oxygens (including phenoxy) is 1. The van der Waals surface area contributed by atoms with Gasteiger partial charge in [0.2, 0.25) is 0 Å². The molecule has 0 aromatic rings. The zero-order valence-electron chi connectivity index (χ0n) is 11.8. The molecule has 2 N–H and O–H groups in total. The maximum Gasteiger partial charge on any atom is 0.150 e. The topological polar surface area (TPSA) is 69.4 Å². The van der Waals surface area contributed by atoms with Crippen LogP contribution in [0.4, 0.5) is 0 Å². The van der Waals surface area contributed by atoms with Crippen LogP contribution in [-0.2, 0) is 14.6 Å². The number of hydrogen-bond acceptors (Lipinski definition) is 4. The van der Waals surface area contributed by atoms with Gasteiger partial charge in [-0.3, -0.25) is 0 Å². The molecule has 2 aliphatic rings. The monoisotopic (exact) mass is 275 g/mol. The highest BCUT2D eigenvalue weighted by Gasteiger charge is 2.50. The molecule has 2 aliphatic heterocycles. The first kappa shape index (κ1) is 14.3. The highest BCUT2D eigenvalue weighted by Crippen LogP contribution is 2.45. The predicted molar refractivity (Wildman–Crippen MR) is 72.1 cm³/mol. The summed E-state index contributed by atoms with van der Waals surface area (Å²) in [6, 6.07) is -0.0842. The van der Waals surface area contributed by atoms with Crippen LogP contribution >= 0.6 is 0 Å². The minimum Gasteiger partial charge on any atom is -0.369 e. The fraction of sp³-hybridized carbons (Fsp3) is 1.00. The van der Waals surface area contributed by atoms with Crippen molar-refractivity contribution in [3.63, 3.8) is 0 Å². The molecule has 0 amide bonds. The standard InChI is InChI=1S/C13H25NO3S/c1-12(2)7-10(13(3,4)17-12)11(14)9-5-6-18(15,16)8-9/h9-11H,5-8,14H2,1-4H3. The van der Waals surface area contributed by atoms with Crippen LogP contribution in [-0.4, -0.2) is 37.2 Å². The van der Waals surface area contributed by atoms with Gasteiger partial charge < -0.3 is 10.5 Å². The van der Waals surface area contributed by atoms with E-state index in [1.165, 1.54) is 0 Å². The molecule has 0 bridgehead atoms. The van der Waals surface area contributed by atoms with Crippen molar-refractivity contribution in [2.45, 2.75) is 57.8 Å². The van der Waals surface area contributed by atoms with Crippen molar-refractivity contribution >= 4 is 9.84 Å². The summed E-state index contributed by atoms with van der Waals surface area (Å²) in [6.07, 6.45) is 1.61. The van der Waals surface area contributed by atoms with Gasteiger partial charge in [-0.25, -0.2) is 8.42 Å². The van der Waals surface area contributed by atoms with E-state index in [1.54, 1.807) is 0 Å². The van der Waals surface area contributed by atoms with Crippen molar-refractivity contribution in [2.75, 3.05) is 11.5 Å². The second-order valence-corrected chi connectivity index (χ2v) is 9.25. The van der Waals surface area contributed by atoms with Crippen molar-refractivity contribution < 1.29 is 13.2 Å². The van der Waals surface area contributed by atoms with E-state index in [-0.39, 0.29) is 34.8 Å². The normalized spacial score (nSPS) is 38.7. The first-order valence-corrected chi connectivity index (χ1v) is 8.51. The van der Waals surface area contributed by atoms with Crippen LogP contribution in [0.5, 0.6) is 0 Å². The van der Waals surface area contributed by atoms with Gasteiger partial charge in [0.15, 0.2) is 9.84 Å². The fourth-order valence-electron chi connectivity index (χ4n) is 3.66. The number of hydrogen-bond donors (Lipinski definition) is 1. The average molecular weight is 275 g/mol. The lowest BCUT2D eigenvalue weighted by Crippen LogP contribution is -2.45. The van der Waals surface area contributed by atoms with Gasteiger partial charge in [0.05, 0.1) is 22.7 Å². The van der Waals surface area contributed by atoms with Crippen LogP contribution in [0, 0.1) is 11.8 Å². The SMILES string of the molecule is CC1(C)CC(C(N)C2CCS(=O)(=O)C2)C(C)(C)O1. The highest BCUT2D eigenvalue weighted by molar-refractivity contribution is 7.91. The lowest BCUT2D eigenvalue weighted by Gasteiger charge is -2.33. The third kappa shape index (κ3) is 2.73. The molecule has 3 atom stereocenters. The molecule has 2 fully saturated rings. The Labute approximate surface area is 110 Å². The largest absolute Gasteiger partial charge is 0.369 e. The van der Waals surface area contributed by atoms with E-state index in [0.29, 0.717) is 12.2 Å². The third-order valence-corrected chi connectivity index (χ3v) is 6.21. The smallest absolute Gasteiger partial charge is 0.150 e. The van der Waals surface area contributed by atoms with Crippen molar-refractivity contribution in [2.24, 2.45) is 17.6 Å². The molecule has 0 aliphatic carbocycles. The summed E-state index contributed by atoms with van der Waals surface area (Å²) in [5.74, 6) is 0.867. The van der Waals surface area contributed by atoms with Crippen LogP contribution < -0.4 is 5.73 Å². The van der Waals surface area contributed by atoms with Crippen LogP contribution in [0.15, 0.2) is 0 Å². The Bertz CT molecular complexity index is 428. The molecule has 106 valence electrons. The van der Waals surface area contributed by atoms with E-state index >= 15 is 0 Å². The van der Waals surface area contributed by atoms with E-state index < -0.39 is 9.84 Å². The van der Waals surface area contributed by atoms with Crippen LogP contribution in [0.1, 0.15) is 40.5 Å². The van der Waals surface area contributed by atoms with Crippen molar-refractivity contribution in [3.8, 4) is 0 Å². The Kier molecular flexibility index (Phi) is 3.32. The van der Waals surface area contributed by atoms with Gasteiger partial charge >= 0.3 is 0 Å². The molecule has 4 nitrogen and oxygen atoms in total. The number of sulfone groups is 1. The van der Waals surface area contributed by atoms with Gasteiger partial charge in [-0.2, -0.15) is 0 Å². The molecular weight excluding hydrogens is 250 g/mol. The Balaban J connectivity index is 2.13. The molecule has 0 radical (unpaired) electrons. The number of rotatable bonds is 2. The first-order chi connectivity index (χ1) is 8.03. The molecule has 0 aromatic heterocycles. The minimum absolute atomic E-state index is 0.0842. The van der Waals surface area contributed by atoms with E-state index in [9.17, 15) is 8.42 Å². The molecular formula is C13H25NO3S. The zero-order chi connectivity index (χ0) is 13.8. The lowest BCUT2D eigenvalue weighted by atomic mass is 9.77. The quantitative estimate of drug-likeness (QED) is 0.825. The lowest BCUT2D eigenvalue weighted by molar-refractivity contribution is -0.0779. The van der Waals surface area contributed by atoms with E-state index in [2.05, 4.69) is 27.7 Å². The average Bonchev–Trinajstić information content (AvgIpc) is 2.61. The van der Waals surface area contributed by atoms with Crippen molar-refractivity contribution in [1.29, 1.82) is 0 Å². The highest BCUT2D eigenvalue weighted by atomic mass is 32.2. The Morgan fingerprint density at radius 1 is 1.28 bits per heavy atom. The summed E-state index contributed by atoms with van der Waals surface area (Å²) in [5.41, 5.74) is 5.93. The van der Waals surface area contributed by atoms with E-state index in [4.69, 9.17) is 10.5 Å². The van der Waals surface area contributed by atoms with Gasteiger partial charge in [-0.1, -0.05) is 0 Å². The zero-order valence-corrected chi connectivity index (χ0v) is 12.6. The summed E-state index contributed by atoms with van der Waals surface area (Å²) >= 11 is 0. The predicted octanol–water partition coefficient (Wildman–Crippen LogP) is 1.34. The molecule has 2 heterocycles. The van der Waals surface area contributed by atoms with E-state index in [0.717, 1.165) is 6.42 Å². The summed E-state index contributed by atoms with van der Waals surface area (Å²) < 4.78 is 29.2. The summed E-state index contributed by atoms with van der Waals surface area (Å²) in [7, 11) is -2.86. The molecule has 3 unspecified atom stereocenters. The van der Waals surface area contributed by atoms with Crippen LogP contribution in [0.25, 0.3) is 0 Å². The van der Waals surface area contributed by atoms with E-state index in [1.807, 2.05) is 0 Å². The second-order valence-electron chi connectivity index (χ2n) is 7.02. The molecule has 0 spiro atoms. The van der Waals surface area contributed by atoms with Crippen molar-refractivity contribution in [3.05, 3.63) is 0 Å². The first-order valence-electron chi connectivity index (χ1n) is 6.69. The van der Waals surface area contributed by atoms with Crippen LogP contribution in [0.3, 0.4) is 0 Å². The molecule has 5 heteroatoms. The fourth-order valence-corrected chi connectivity index (χ4v) is 5.53. The van der Waals surface area contributed by atoms with Gasteiger partial charge in [0.1, 0.15) is 0 Å². The Morgan fingerprint density at radius 2 is 1.89 bits per heavy atom. The van der Waals surface area contributed by atoms with Crippen molar-refractivity contribution in [1.82, 2.24) is 0 Å². The summed E-state index contributed by atoms with van der Waals surface area (Å²) in [5, 5.41) is 0. The number of nitrogens with two attached hydrogens (primary N) is 1. The summed E-state index contributed by atoms with van der Waals surface area (Å²) in [6.45, 7) is 8.28. The maximum absolute atomic E-state index is 11.6.